The van der Waals surface area contributed by atoms with Gasteiger partial charge in [0.15, 0.2) is 0 Å². The van der Waals surface area contributed by atoms with Crippen molar-refractivity contribution in [3.05, 3.63) is 0 Å². The van der Waals surface area contributed by atoms with Crippen LogP contribution in [0.1, 0.15) is 6.42 Å². The minimum absolute atomic E-state index is 0.356. The van der Waals surface area contributed by atoms with Gasteiger partial charge < -0.3 is 5.32 Å². The van der Waals surface area contributed by atoms with E-state index in [2.05, 4.69) is 5.32 Å². The summed E-state index contributed by atoms with van der Waals surface area (Å²) in [5.74, 6) is 0. The lowest BCUT2D eigenvalue weighted by atomic mass is 10.5. The fraction of sp³-hybridized carbons (Fsp3) is 0.500. The van der Waals surface area contributed by atoms with Crippen LogP contribution in [0, 0.1) is 11.3 Å². The molecule has 0 saturated heterocycles. The second-order valence-electron chi connectivity index (χ2n) is 0.937. The molecule has 0 aliphatic rings. The van der Waals surface area contributed by atoms with Crippen LogP contribution < -0.4 is 5.32 Å². The first kappa shape index (κ1) is 5.96. The van der Waals surface area contributed by atoms with Crippen LogP contribution in [0.15, 0.2) is 0 Å². The summed E-state index contributed by atoms with van der Waals surface area (Å²) in [4.78, 5) is 9.33. The van der Waals surface area contributed by atoms with Crippen molar-refractivity contribution in [2.24, 2.45) is 0 Å². The summed E-state index contributed by atoms with van der Waals surface area (Å²) in [5, 5.41) is 10.1. The molecule has 0 unspecified atom stereocenters. The van der Waals surface area contributed by atoms with Crippen molar-refractivity contribution in [2.45, 2.75) is 6.42 Å². The third-order valence-corrected chi connectivity index (χ3v) is 0.434. The predicted octanol–water partition coefficient (Wildman–Crippen LogP) is -0.443. The van der Waals surface area contributed by atoms with E-state index < -0.39 is 0 Å². The molecule has 0 aliphatic carbocycles. The van der Waals surface area contributed by atoms with E-state index in [4.69, 9.17) is 5.26 Å². The van der Waals surface area contributed by atoms with Crippen LogP contribution in [0.2, 0.25) is 0 Å². The Bertz CT molecular complexity index is 84.2. The maximum atomic E-state index is 9.33. The van der Waals surface area contributed by atoms with Gasteiger partial charge in [-0.05, 0) is 0 Å². The third kappa shape index (κ3) is 4.96. The molecule has 0 rings (SSSR count). The molecule has 0 aromatic rings. The van der Waals surface area contributed by atoms with E-state index in [1.54, 1.807) is 0 Å². The maximum absolute atomic E-state index is 9.33. The topological polar surface area (TPSA) is 52.9 Å². The molecule has 0 aliphatic heterocycles. The van der Waals surface area contributed by atoms with Crippen molar-refractivity contribution in [3.8, 4) is 6.07 Å². The number of hydrogen-bond donors (Lipinski definition) is 1. The lowest BCUT2D eigenvalue weighted by molar-refractivity contribution is 0.543. The lowest BCUT2D eigenvalue weighted by Gasteiger charge is -1.82. The van der Waals surface area contributed by atoms with Crippen LogP contribution in [0.3, 0.4) is 0 Å². The van der Waals surface area contributed by atoms with Gasteiger partial charge in [0.25, 0.3) is 0 Å². The first-order chi connectivity index (χ1) is 3.41. The highest BCUT2D eigenvalue weighted by molar-refractivity contribution is 5.46. The minimum atomic E-state index is 0.356. The molecule has 7 heavy (non-hydrogen) atoms. The van der Waals surface area contributed by atoms with Gasteiger partial charge in [0.2, 0.25) is 0 Å². The van der Waals surface area contributed by atoms with E-state index in [0.717, 1.165) is 0 Å². The zero-order chi connectivity index (χ0) is 5.54. The molecule has 0 spiro atoms. The minimum Gasteiger partial charge on any atom is -0.347 e. The monoisotopic (exact) mass is 97.0 g/mol. The normalized spacial score (nSPS) is 6.71. The van der Waals surface area contributed by atoms with Crippen LogP contribution in [-0.2, 0) is 4.79 Å². The Labute approximate surface area is 41.9 Å². The Kier molecular flexibility index (Phi) is 4.22. The summed E-state index contributed by atoms with van der Waals surface area (Å²) in [6, 6.07) is 1.86. The van der Waals surface area contributed by atoms with Gasteiger partial charge in [0.1, 0.15) is 0 Å². The first-order valence-corrected chi connectivity index (χ1v) is 1.88. The van der Waals surface area contributed by atoms with Crippen LogP contribution in [0.25, 0.3) is 0 Å². The van der Waals surface area contributed by atoms with Gasteiger partial charge in [0, 0.05) is 6.54 Å². The molecule has 3 nitrogen and oxygen atoms in total. The van der Waals surface area contributed by atoms with E-state index >= 15 is 0 Å². The largest absolute Gasteiger partial charge is 0.347 e. The van der Waals surface area contributed by atoms with Gasteiger partial charge in [-0.2, -0.15) is 5.26 Å². The summed E-state index contributed by atoms with van der Waals surface area (Å²) in [5.41, 5.74) is 0. The number of carbonyl (C=O) groups excluding carboxylic acids is 1. The average Bonchev–Trinajstić information content (AvgIpc) is 1.69. The third-order valence-electron chi connectivity index (χ3n) is 0.434. The standard InChI is InChI=1S/C4H5N2O/c5-2-1-3-6-4-7/h1,3H2,(H,6,7). The Morgan fingerprint density at radius 1 is 1.71 bits per heavy atom. The molecular weight excluding hydrogens is 92.1 g/mol. The quantitative estimate of drug-likeness (QED) is 0.383. The smallest absolute Gasteiger partial charge is 0.309 e. The first-order valence-electron chi connectivity index (χ1n) is 1.88. The van der Waals surface area contributed by atoms with Gasteiger partial charge >= 0.3 is 6.41 Å². The molecule has 3 heteroatoms. The molecule has 0 aromatic heterocycles. The summed E-state index contributed by atoms with van der Waals surface area (Å²) in [7, 11) is 0. The molecule has 0 heterocycles. The van der Waals surface area contributed by atoms with E-state index in [1.165, 1.54) is 6.41 Å². The van der Waals surface area contributed by atoms with Crippen LogP contribution in [-0.4, -0.2) is 13.0 Å². The summed E-state index contributed by atoms with van der Waals surface area (Å²) in [6.07, 6.45) is 1.81. The van der Waals surface area contributed by atoms with E-state index in [1.807, 2.05) is 6.07 Å². The van der Waals surface area contributed by atoms with E-state index in [-0.39, 0.29) is 0 Å². The molecule has 0 fully saturated rings. The number of nitrogens with zero attached hydrogens (tertiary/aromatic N) is 1. The van der Waals surface area contributed by atoms with E-state index in [0.29, 0.717) is 13.0 Å². The predicted molar refractivity (Wildman–Crippen MR) is 23.9 cm³/mol. The van der Waals surface area contributed by atoms with Gasteiger partial charge in [-0.15, -0.1) is 0 Å². The fourth-order valence-electron chi connectivity index (χ4n) is 0.169. The van der Waals surface area contributed by atoms with Crippen molar-refractivity contribution in [3.63, 3.8) is 0 Å². The SMILES string of the molecule is N#CCCN[C]=O. The molecule has 1 amide bonds. The van der Waals surface area contributed by atoms with Gasteiger partial charge in [-0.1, -0.05) is 0 Å². The Morgan fingerprint density at radius 2 is 2.43 bits per heavy atom. The number of hydrogen-bond acceptors (Lipinski definition) is 2. The van der Waals surface area contributed by atoms with Gasteiger partial charge in [0.05, 0.1) is 12.5 Å². The molecule has 0 aromatic carbocycles. The van der Waals surface area contributed by atoms with Gasteiger partial charge in [-0.3, -0.25) is 4.79 Å². The molecule has 0 saturated carbocycles. The molecule has 0 atom stereocenters. The molecule has 37 valence electrons. The van der Waals surface area contributed by atoms with Crippen LogP contribution in [0.4, 0.5) is 0 Å². The van der Waals surface area contributed by atoms with Crippen LogP contribution in [0.5, 0.6) is 0 Å². The second kappa shape index (κ2) is 4.96. The average molecular weight is 97.1 g/mol. The van der Waals surface area contributed by atoms with E-state index in [9.17, 15) is 4.79 Å². The molecule has 1 N–H and O–H groups in total. The summed E-state index contributed by atoms with van der Waals surface area (Å²) in [6.45, 7) is 0.403. The van der Waals surface area contributed by atoms with Crippen molar-refractivity contribution >= 4 is 6.41 Å². The maximum Gasteiger partial charge on any atom is 0.309 e. The number of amides is 1. The number of rotatable bonds is 3. The fourth-order valence-corrected chi connectivity index (χ4v) is 0.169. The summed E-state index contributed by atoms with van der Waals surface area (Å²) < 4.78 is 0. The van der Waals surface area contributed by atoms with Crippen molar-refractivity contribution < 1.29 is 4.79 Å². The van der Waals surface area contributed by atoms with Crippen LogP contribution >= 0.6 is 0 Å². The molecular formula is C4H5N2O. The van der Waals surface area contributed by atoms with Crippen molar-refractivity contribution in [2.75, 3.05) is 6.54 Å². The lowest BCUT2D eigenvalue weighted by Crippen LogP contribution is -2.10. The highest BCUT2D eigenvalue weighted by Crippen LogP contribution is 1.64. The Morgan fingerprint density at radius 3 is 2.86 bits per heavy atom. The Balaban J connectivity index is 2.72. The highest BCUT2D eigenvalue weighted by atomic mass is 16.1. The summed E-state index contributed by atoms with van der Waals surface area (Å²) >= 11 is 0. The van der Waals surface area contributed by atoms with Gasteiger partial charge in [-0.25, -0.2) is 0 Å². The highest BCUT2D eigenvalue weighted by Gasteiger charge is 1.76. The number of nitriles is 1. The second-order valence-corrected chi connectivity index (χ2v) is 0.937. The Hall–Kier alpha value is -1.04. The zero-order valence-corrected chi connectivity index (χ0v) is 3.77. The number of nitrogens with one attached hydrogen (secondary N) is 1. The zero-order valence-electron chi connectivity index (χ0n) is 3.77. The molecule has 0 bridgehead atoms. The van der Waals surface area contributed by atoms with Crippen molar-refractivity contribution in [1.82, 2.24) is 5.32 Å². The van der Waals surface area contributed by atoms with Crippen molar-refractivity contribution in [1.29, 1.82) is 5.26 Å². The molecule has 1 radical (unpaired) electrons.